The van der Waals surface area contributed by atoms with E-state index in [1.807, 2.05) is 6.92 Å². The van der Waals surface area contributed by atoms with Crippen molar-refractivity contribution in [2.75, 3.05) is 0 Å². The van der Waals surface area contributed by atoms with Crippen molar-refractivity contribution < 1.29 is 17.6 Å². The van der Waals surface area contributed by atoms with Crippen LogP contribution in [0.1, 0.15) is 103 Å². The number of rotatable bonds is 13. The smallest absolute Gasteiger partial charge is 0.167 e. The Bertz CT molecular complexity index is 859. The zero-order valence-electron chi connectivity index (χ0n) is 20.0. The van der Waals surface area contributed by atoms with Crippen LogP contribution >= 0.6 is 0 Å². The maximum atomic E-state index is 15.0. The van der Waals surface area contributed by atoms with Crippen LogP contribution < -0.4 is 0 Å². The molecule has 0 heterocycles. The van der Waals surface area contributed by atoms with Gasteiger partial charge >= 0.3 is 0 Å². The molecule has 0 radical (unpaired) electrons. The average Bonchev–Trinajstić information content (AvgIpc) is 2.77. The van der Waals surface area contributed by atoms with Crippen molar-refractivity contribution in [2.24, 2.45) is 5.92 Å². The second-order valence-electron chi connectivity index (χ2n) is 9.14. The fourth-order valence-corrected chi connectivity index (χ4v) is 4.61. The number of aryl methyl sites for hydroxylation is 1. The van der Waals surface area contributed by atoms with E-state index in [1.54, 1.807) is 6.07 Å². The highest BCUT2D eigenvalue weighted by molar-refractivity contribution is 5.66. The van der Waals surface area contributed by atoms with Crippen LogP contribution in [0.5, 0.6) is 0 Å². The summed E-state index contributed by atoms with van der Waals surface area (Å²) in [4.78, 5) is 0. The molecule has 2 rings (SSSR count). The van der Waals surface area contributed by atoms with Crippen LogP contribution in [-0.2, 0) is 6.42 Å². The van der Waals surface area contributed by atoms with Gasteiger partial charge in [-0.3, -0.25) is 0 Å². The molecule has 2 unspecified atom stereocenters. The second kappa shape index (κ2) is 13.0. The van der Waals surface area contributed by atoms with E-state index in [0.29, 0.717) is 17.9 Å². The quantitative estimate of drug-likeness (QED) is 0.266. The lowest BCUT2D eigenvalue weighted by Gasteiger charge is -2.19. The molecular weight excluding hydrogens is 412 g/mol. The Labute approximate surface area is 191 Å². The molecule has 32 heavy (non-hydrogen) atoms. The normalized spacial score (nSPS) is 13.4. The van der Waals surface area contributed by atoms with Gasteiger partial charge in [0.05, 0.1) is 0 Å². The van der Waals surface area contributed by atoms with Gasteiger partial charge in [0.25, 0.3) is 0 Å². The summed E-state index contributed by atoms with van der Waals surface area (Å²) in [6.07, 6.45) is 8.73. The van der Waals surface area contributed by atoms with Crippen molar-refractivity contribution in [1.29, 1.82) is 0 Å². The first kappa shape index (κ1) is 26.4. The van der Waals surface area contributed by atoms with Gasteiger partial charge in [-0.05, 0) is 48.6 Å². The number of benzene rings is 2. The van der Waals surface area contributed by atoms with Gasteiger partial charge in [0.1, 0.15) is 0 Å². The van der Waals surface area contributed by atoms with E-state index >= 15 is 0 Å². The summed E-state index contributed by atoms with van der Waals surface area (Å²) >= 11 is 0. The third-order valence-corrected chi connectivity index (χ3v) is 6.47. The van der Waals surface area contributed by atoms with E-state index < -0.39 is 23.3 Å². The first-order chi connectivity index (χ1) is 15.3. The van der Waals surface area contributed by atoms with Crippen LogP contribution in [0.2, 0.25) is 0 Å². The highest BCUT2D eigenvalue weighted by atomic mass is 19.2. The van der Waals surface area contributed by atoms with Crippen molar-refractivity contribution >= 4 is 0 Å². The number of unbranched alkanes of at least 4 members (excludes halogenated alkanes) is 1. The van der Waals surface area contributed by atoms with E-state index in [9.17, 15) is 17.6 Å². The molecule has 0 bridgehead atoms. The summed E-state index contributed by atoms with van der Waals surface area (Å²) in [5.41, 5.74) is 0.168. The molecule has 2 atom stereocenters. The van der Waals surface area contributed by atoms with E-state index in [4.69, 9.17) is 0 Å². The molecule has 0 N–H and O–H groups in total. The Morgan fingerprint density at radius 1 is 0.625 bits per heavy atom. The number of hydrogen-bond donors (Lipinski definition) is 0. The molecule has 2 aromatic carbocycles. The molecule has 0 saturated heterocycles. The molecule has 0 aliphatic carbocycles. The van der Waals surface area contributed by atoms with Gasteiger partial charge in [-0.25, -0.2) is 17.6 Å². The van der Waals surface area contributed by atoms with E-state index in [1.165, 1.54) is 18.2 Å². The fourth-order valence-electron chi connectivity index (χ4n) is 4.61. The van der Waals surface area contributed by atoms with Crippen LogP contribution in [0.3, 0.4) is 0 Å². The molecule has 0 saturated carbocycles. The Morgan fingerprint density at radius 3 is 1.88 bits per heavy atom. The van der Waals surface area contributed by atoms with Gasteiger partial charge in [-0.2, -0.15) is 0 Å². The Hall–Kier alpha value is -1.84. The third kappa shape index (κ3) is 6.59. The SMILES string of the molecule is CCCCC(CCC)c1ccc(-c2ccc(CCCC(C)CCC)c(F)c2F)c(F)c1F. The highest BCUT2D eigenvalue weighted by Crippen LogP contribution is 2.35. The van der Waals surface area contributed by atoms with Gasteiger partial charge in [-0.15, -0.1) is 0 Å². The van der Waals surface area contributed by atoms with Crippen molar-refractivity contribution in [3.05, 3.63) is 58.7 Å². The summed E-state index contributed by atoms with van der Waals surface area (Å²) in [5.74, 6) is -3.61. The van der Waals surface area contributed by atoms with Crippen molar-refractivity contribution in [1.82, 2.24) is 0 Å². The first-order valence-corrected chi connectivity index (χ1v) is 12.3. The molecule has 0 aliphatic rings. The number of hydrogen-bond acceptors (Lipinski definition) is 0. The summed E-state index contributed by atoms with van der Waals surface area (Å²) in [6, 6.07) is 5.82. The van der Waals surface area contributed by atoms with E-state index in [-0.39, 0.29) is 22.6 Å². The molecule has 0 spiro atoms. The second-order valence-corrected chi connectivity index (χ2v) is 9.14. The van der Waals surface area contributed by atoms with Crippen LogP contribution in [0.4, 0.5) is 17.6 Å². The van der Waals surface area contributed by atoms with Gasteiger partial charge in [0.15, 0.2) is 23.3 Å². The lowest BCUT2D eigenvalue weighted by atomic mass is 9.87. The molecule has 0 fully saturated rings. The predicted octanol–water partition coefficient (Wildman–Crippen LogP) is 9.74. The summed E-state index contributed by atoms with van der Waals surface area (Å²) in [5, 5.41) is 0. The molecule has 0 aliphatic heterocycles. The zero-order valence-corrected chi connectivity index (χ0v) is 20.0. The van der Waals surface area contributed by atoms with Crippen LogP contribution in [0.15, 0.2) is 24.3 Å². The predicted molar refractivity (Wildman–Crippen MR) is 126 cm³/mol. The summed E-state index contributed by atoms with van der Waals surface area (Å²) in [6.45, 7) is 8.38. The maximum absolute atomic E-state index is 15.0. The van der Waals surface area contributed by atoms with Gasteiger partial charge in [0.2, 0.25) is 0 Å². The Balaban J connectivity index is 2.27. The number of halogens is 4. The van der Waals surface area contributed by atoms with Crippen molar-refractivity contribution in [2.45, 2.75) is 97.8 Å². The minimum Gasteiger partial charge on any atom is -0.203 e. The molecule has 178 valence electrons. The zero-order chi connectivity index (χ0) is 23.7. The van der Waals surface area contributed by atoms with Crippen molar-refractivity contribution in [3.63, 3.8) is 0 Å². The molecule has 0 amide bonds. The van der Waals surface area contributed by atoms with Gasteiger partial charge in [-0.1, -0.05) is 90.5 Å². The standard InChI is InChI=1S/C28H38F4/c1-5-8-13-20(11-7-3)22-17-18-24(28(32)26(22)30)23-16-15-21(25(29)27(23)31)14-9-12-19(4)10-6-2/h15-20H,5-14H2,1-4H3. The monoisotopic (exact) mass is 450 g/mol. The van der Waals surface area contributed by atoms with E-state index in [0.717, 1.165) is 57.8 Å². The highest BCUT2D eigenvalue weighted by Gasteiger charge is 2.23. The average molecular weight is 451 g/mol. The van der Waals surface area contributed by atoms with Crippen LogP contribution in [0, 0.1) is 29.2 Å². The van der Waals surface area contributed by atoms with Crippen LogP contribution in [-0.4, -0.2) is 0 Å². The van der Waals surface area contributed by atoms with Gasteiger partial charge < -0.3 is 0 Å². The maximum Gasteiger partial charge on any atom is 0.167 e. The lowest BCUT2D eigenvalue weighted by molar-refractivity contribution is 0.459. The Morgan fingerprint density at radius 2 is 1.25 bits per heavy atom. The molecule has 4 heteroatoms. The van der Waals surface area contributed by atoms with Gasteiger partial charge in [0, 0.05) is 11.1 Å². The topological polar surface area (TPSA) is 0 Å². The van der Waals surface area contributed by atoms with E-state index in [2.05, 4.69) is 20.8 Å². The van der Waals surface area contributed by atoms with Crippen LogP contribution in [0.25, 0.3) is 11.1 Å². The minimum absolute atomic E-state index is 0.0671. The molecule has 0 aromatic heterocycles. The molecule has 0 nitrogen and oxygen atoms in total. The van der Waals surface area contributed by atoms with Crippen molar-refractivity contribution in [3.8, 4) is 11.1 Å². The Kier molecular flexibility index (Phi) is 10.7. The third-order valence-electron chi connectivity index (χ3n) is 6.47. The summed E-state index contributed by atoms with van der Waals surface area (Å²) in [7, 11) is 0. The summed E-state index contributed by atoms with van der Waals surface area (Å²) < 4.78 is 59.5. The first-order valence-electron chi connectivity index (χ1n) is 12.3. The fraction of sp³-hybridized carbons (Fsp3) is 0.571. The molecular formula is C28H38F4. The lowest BCUT2D eigenvalue weighted by Crippen LogP contribution is -2.06. The molecule has 2 aromatic rings. The minimum atomic E-state index is -1.11. The largest absolute Gasteiger partial charge is 0.203 e.